The van der Waals surface area contributed by atoms with Crippen molar-refractivity contribution in [1.82, 2.24) is 15.5 Å². The molecule has 2 fully saturated rings. The summed E-state index contributed by atoms with van der Waals surface area (Å²) in [5.74, 6) is 3.56. The van der Waals surface area contributed by atoms with Crippen molar-refractivity contribution in [2.75, 3.05) is 44.2 Å². The van der Waals surface area contributed by atoms with Gasteiger partial charge in [0.15, 0.2) is 5.96 Å². The van der Waals surface area contributed by atoms with Crippen molar-refractivity contribution in [1.29, 1.82) is 0 Å². The number of aliphatic imine (C=N–C) groups is 1. The average Bonchev–Trinajstić information content (AvgIpc) is 3.36. The van der Waals surface area contributed by atoms with Gasteiger partial charge in [-0.25, -0.2) is 0 Å². The van der Waals surface area contributed by atoms with Crippen LogP contribution in [-0.4, -0.2) is 65.8 Å². The molecule has 3 heterocycles. The molecule has 3 N–H and O–H groups in total. The van der Waals surface area contributed by atoms with Gasteiger partial charge in [0, 0.05) is 18.8 Å². The monoisotopic (exact) mass is 366 g/mol. The third kappa shape index (κ3) is 5.15. The Morgan fingerprint density at radius 1 is 1.44 bits per heavy atom. The third-order valence-electron chi connectivity index (χ3n) is 4.87. The fraction of sp³-hybridized carbons (Fsp3) is 0.722. The number of nitrogens with one attached hydrogen (secondary N) is 2. The van der Waals surface area contributed by atoms with Crippen LogP contribution in [0.3, 0.4) is 0 Å². The summed E-state index contributed by atoms with van der Waals surface area (Å²) in [6, 6.07) is 4.21. The van der Waals surface area contributed by atoms with E-state index in [1.165, 1.54) is 12.8 Å². The second-order valence-corrected chi connectivity index (χ2v) is 7.98. The van der Waals surface area contributed by atoms with Crippen LogP contribution in [0.15, 0.2) is 27.8 Å². The molecule has 0 amide bonds. The Bertz CT molecular complexity index is 537. The van der Waals surface area contributed by atoms with Crippen LogP contribution >= 0.6 is 11.8 Å². The van der Waals surface area contributed by atoms with Crippen molar-refractivity contribution in [2.24, 2.45) is 4.99 Å². The highest BCUT2D eigenvalue weighted by atomic mass is 32.2. The number of rotatable bonds is 7. The predicted molar refractivity (Wildman–Crippen MR) is 103 cm³/mol. The number of furan rings is 1. The molecule has 2 atom stereocenters. The molecule has 3 rings (SSSR count). The standard InChI is InChI=1S/C18H30N4O2S/c1-2-19-17(21-13-18(23)7-11-25-14-18)20-12-15(16-6-5-10-24-16)22-8-3-4-9-22/h5-6,10,15,23H,2-4,7-9,11-14H2,1H3,(H2,19,20,21). The average molecular weight is 367 g/mol. The van der Waals surface area contributed by atoms with Crippen LogP contribution < -0.4 is 10.6 Å². The highest BCUT2D eigenvalue weighted by Gasteiger charge is 2.31. The lowest BCUT2D eigenvalue weighted by Crippen LogP contribution is -2.44. The van der Waals surface area contributed by atoms with E-state index in [4.69, 9.17) is 4.42 Å². The molecular weight excluding hydrogens is 336 g/mol. The highest BCUT2D eigenvalue weighted by Crippen LogP contribution is 2.28. The number of nitrogens with zero attached hydrogens (tertiary/aromatic N) is 2. The first-order valence-corrected chi connectivity index (χ1v) is 10.5. The summed E-state index contributed by atoms with van der Waals surface area (Å²) in [5.41, 5.74) is -0.650. The van der Waals surface area contributed by atoms with E-state index in [9.17, 15) is 5.11 Å². The van der Waals surface area contributed by atoms with E-state index in [0.717, 1.165) is 55.8 Å². The minimum atomic E-state index is -0.650. The number of likely N-dealkylation sites (tertiary alicyclic amines) is 1. The van der Waals surface area contributed by atoms with Gasteiger partial charge >= 0.3 is 0 Å². The second-order valence-electron chi connectivity index (χ2n) is 6.88. The van der Waals surface area contributed by atoms with E-state index in [2.05, 4.69) is 27.4 Å². The van der Waals surface area contributed by atoms with E-state index in [1.807, 2.05) is 12.1 Å². The van der Waals surface area contributed by atoms with Crippen molar-refractivity contribution in [2.45, 2.75) is 37.8 Å². The fourth-order valence-electron chi connectivity index (χ4n) is 3.43. The van der Waals surface area contributed by atoms with Gasteiger partial charge in [-0.1, -0.05) is 0 Å². The molecule has 1 aromatic heterocycles. The molecule has 6 nitrogen and oxygen atoms in total. The van der Waals surface area contributed by atoms with Crippen LogP contribution in [0.1, 0.15) is 38.0 Å². The SMILES string of the molecule is CCNC(=NCC1(O)CCSC1)NCC(c1ccco1)N1CCCC1. The molecule has 1 aromatic rings. The van der Waals surface area contributed by atoms with Gasteiger partial charge in [0.1, 0.15) is 5.76 Å². The maximum Gasteiger partial charge on any atom is 0.191 e. The van der Waals surface area contributed by atoms with Gasteiger partial charge in [-0.3, -0.25) is 9.89 Å². The van der Waals surface area contributed by atoms with Crippen LogP contribution in [0.5, 0.6) is 0 Å². The number of hydrogen-bond acceptors (Lipinski definition) is 5. The lowest BCUT2D eigenvalue weighted by atomic mass is 10.1. The van der Waals surface area contributed by atoms with E-state index in [1.54, 1.807) is 18.0 Å². The van der Waals surface area contributed by atoms with Gasteiger partial charge in [0.2, 0.25) is 0 Å². The van der Waals surface area contributed by atoms with Crippen molar-refractivity contribution < 1.29 is 9.52 Å². The molecule has 0 spiro atoms. The van der Waals surface area contributed by atoms with E-state index in [-0.39, 0.29) is 6.04 Å². The molecule has 7 heteroatoms. The Morgan fingerprint density at radius 3 is 2.92 bits per heavy atom. The molecule has 0 radical (unpaired) electrons. The van der Waals surface area contributed by atoms with Crippen molar-refractivity contribution in [3.05, 3.63) is 24.2 Å². The molecule has 2 aliphatic rings. The Morgan fingerprint density at radius 2 is 2.28 bits per heavy atom. The molecule has 2 unspecified atom stereocenters. The topological polar surface area (TPSA) is 73.0 Å². The lowest BCUT2D eigenvalue weighted by Gasteiger charge is -2.27. The normalized spacial score (nSPS) is 26.1. The van der Waals surface area contributed by atoms with Gasteiger partial charge in [-0.2, -0.15) is 11.8 Å². The maximum atomic E-state index is 10.5. The molecule has 25 heavy (non-hydrogen) atoms. The van der Waals surface area contributed by atoms with Crippen molar-refractivity contribution >= 4 is 17.7 Å². The quantitative estimate of drug-likeness (QED) is 0.505. The first kappa shape index (κ1) is 18.6. The third-order valence-corrected chi connectivity index (χ3v) is 6.11. The van der Waals surface area contributed by atoms with Crippen molar-refractivity contribution in [3.63, 3.8) is 0 Å². The summed E-state index contributed by atoms with van der Waals surface area (Å²) in [7, 11) is 0. The minimum absolute atomic E-state index is 0.214. The van der Waals surface area contributed by atoms with E-state index >= 15 is 0 Å². The van der Waals surface area contributed by atoms with Gasteiger partial charge in [-0.15, -0.1) is 0 Å². The van der Waals surface area contributed by atoms with Crippen LogP contribution in [0.25, 0.3) is 0 Å². The zero-order valence-corrected chi connectivity index (χ0v) is 15.9. The first-order valence-electron chi connectivity index (χ1n) is 9.30. The van der Waals surface area contributed by atoms with E-state index in [0.29, 0.717) is 6.54 Å². The van der Waals surface area contributed by atoms with Crippen LogP contribution in [0.4, 0.5) is 0 Å². The summed E-state index contributed by atoms with van der Waals surface area (Å²) < 4.78 is 5.67. The molecule has 140 valence electrons. The van der Waals surface area contributed by atoms with Crippen LogP contribution in [-0.2, 0) is 0 Å². The second kappa shape index (κ2) is 8.96. The lowest BCUT2D eigenvalue weighted by molar-refractivity contribution is 0.0778. The number of thioether (sulfide) groups is 1. The molecule has 2 saturated heterocycles. The zero-order valence-electron chi connectivity index (χ0n) is 15.0. The molecule has 2 aliphatic heterocycles. The van der Waals surface area contributed by atoms with Gasteiger partial charge in [0.25, 0.3) is 0 Å². The number of hydrogen-bond donors (Lipinski definition) is 3. The summed E-state index contributed by atoms with van der Waals surface area (Å²) in [4.78, 5) is 7.10. The van der Waals surface area contributed by atoms with Gasteiger partial charge in [0.05, 0.1) is 24.5 Å². The Kier molecular flexibility index (Phi) is 6.67. The first-order chi connectivity index (χ1) is 12.2. The number of aliphatic hydroxyl groups is 1. The Labute approximate surface area is 154 Å². The van der Waals surface area contributed by atoms with E-state index < -0.39 is 5.60 Å². The number of guanidine groups is 1. The highest BCUT2D eigenvalue weighted by molar-refractivity contribution is 7.99. The smallest absolute Gasteiger partial charge is 0.191 e. The molecule has 0 aromatic carbocycles. The molecule has 0 saturated carbocycles. The summed E-state index contributed by atoms with van der Waals surface area (Å²) in [6.07, 6.45) is 5.06. The Balaban J connectivity index is 1.61. The zero-order chi connectivity index (χ0) is 17.5. The maximum absolute atomic E-state index is 10.5. The summed E-state index contributed by atoms with van der Waals surface area (Å²) in [6.45, 7) is 6.27. The summed E-state index contributed by atoms with van der Waals surface area (Å²) >= 11 is 1.80. The largest absolute Gasteiger partial charge is 0.468 e. The predicted octanol–water partition coefficient (Wildman–Crippen LogP) is 1.84. The Hall–Kier alpha value is -1.18. The molecule has 0 aliphatic carbocycles. The fourth-order valence-corrected chi connectivity index (χ4v) is 4.71. The van der Waals surface area contributed by atoms with Gasteiger partial charge in [-0.05, 0) is 57.2 Å². The summed E-state index contributed by atoms with van der Waals surface area (Å²) in [5, 5.41) is 17.2. The molecule has 0 bridgehead atoms. The van der Waals surface area contributed by atoms with Crippen molar-refractivity contribution in [3.8, 4) is 0 Å². The molecular formula is C18H30N4O2S. The minimum Gasteiger partial charge on any atom is -0.468 e. The van der Waals surface area contributed by atoms with Crippen LogP contribution in [0.2, 0.25) is 0 Å². The van der Waals surface area contributed by atoms with Gasteiger partial charge < -0.3 is 20.2 Å². The van der Waals surface area contributed by atoms with Crippen LogP contribution in [0, 0.1) is 0 Å².